The Labute approximate surface area is 193 Å². The Hall–Kier alpha value is -2.02. The van der Waals surface area contributed by atoms with Gasteiger partial charge in [0.15, 0.2) is 0 Å². The van der Waals surface area contributed by atoms with Crippen molar-refractivity contribution in [2.24, 2.45) is 17.3 Å². The van der Waals surface area contributed by atoms with Crippen LogP contribution in [0.1, 0.15) is 70.3 Å². The molecule has 2 N–H and O–H groups in total. The zero-order chi connectivity index (χ0) is 22.7. The summed E-state index contributed by atoms with van der Waals surface area (Å²) in [6, 6.07) is 9.04. The van der Waals surface area contributed by atoms with Crippen LogP contribution in [0.4, 0.5) is 5.69 Å². The minimum absolute atomic E-state index is 0.203. The van der Waals surface area contributed by atoms with Crippen molar-refractivity contribution in [2.45, 2.75) is 76.4 Å². The zero-order valence-corrected chi connectivity index (χ0v) is 20.0. The fourth-order valence-electron chi connectivity index (χ4n) is 7.50. The highest BCUT2D eigenvalue weighted by Gasteiger charge is 2.62. The van der Waals surface area contributed by atoms with Gasteiger partial charge in [-0.3, -0.25) is 0 Å². The minimum Gasteiger partial charge on any atom is -0.389 e. The molecule has 0 aliphatic heterocycles. The number of aliphatic hydroxyl groups is 2. The van der Waals surface area contributed by atoms with Gasteiger partial charge in [-0.2, -0.15) is 0 Å². The lowest BCUT2D eigenvalue weighted by molar-refractivity contribution is -0.0514. The van der Waals surface area contributed by atoms with Gasteiger partial charge in [0.25, 0.3) is 0 Å². The van der Waals surface area contributed by atoms with Gasteiger partial charge in [0.1, 0.15) is 5.60 Å². The molecule has 3 heteroatoms. The summed E-state index contributed by atoms with van der Waals surface area (Å²) in [6.45, 7) is 4.17. The lowest BCUT2D eigenvalue weighted by Crippen LogP contribution is -2.51. The van der Waals surface area contributed by atoms with E-state index in [-0.39, 0.29) is 11.5 Å². The molecule has 4 aliphatic carbocycles. The topological polar surface area (TPSA) is 43.7 Å². The van der Waals surface area contributed by atoms with Crippen LogP contribution >= 0.6 is 0 Å². The molecule has 0 amide bonds. The van der Waals surface area contributed by atoms with E-state index in [1.165, 1.54) is 22.4 Å². The number of benzene rings is 1. The molecule has 4 aliphatic rings. The highest BCUT2D eigenvalue weighted by Crippen LogP contribution is 2.66. The van der Waals surface area contributed by atoms with Crippen molar-refractivity contribution in [3.8, 4) is 11.8 Å². The first kappa shape index (κ1) is 21.8. The molecule has 0 unspecified atom stereocenters. The maximum Gasteiger partial charge on any atom is 0.131 e. The monoisotopic (exact) mass is 431 g/mol. The molecule has 6 atom stereocenters. The SMILES string of the molecule is CC#C[C@]1(O)CC[C@@H]2[C@H]3CCC4=C[C@H](O)CCC4=C3[C@H](c3ccc(N(C)C)cc3)C[C@@]21C. The standard InChI is InChI=1S/C29H37NO2/c1-5-15-29(32)16-14-26-24-12-8-20-17-22(31)11-13-23(20)27(24)25(18-28(26,29)2)19-6-9-21(10-7-19)30(3)4/h6-7,9-10,17,22,24-26,31-32H,8,11-14,16,18H2,1-4H3/t22-,24-,25+,26-,28+,29+/m1/s1. The van der Waals surface area contributed by atoms with Crippen LogP contribution in [0.5, 0.6) is 0 Å². The number of fused-ring (bicyclic) bond motifs is 4. The van der Waals surface area contributed by atoms with Crippen LogP contribution in [0.3, 0.4) is 0 Å². The van der Waals surface area contributed by atoms with Crippen LogP contribution in [-0.4, -0.2) is 36.0 Å². The summed E-state index contributed by atoms with van der Waals surface area (Å²) in [5, 5.41) is 22.0. The Kier molecular flexibility index (Phi) is 5.31. The van der Waals surface area contributed by atoms with Gasteiger partial charge in [0.05, 0.1) is 6.10 Å². The molecule has 5 rings (SSSR count). The summed E-state index contributed by atoms with van der Waals surface area (Å²) in [7, 11) is 4.16. The summed E-state index contributed by atoms with van der Waals surface area (Å²) in [5.41, 5.74) is 5.98. The van der Waals surface area contributed by atoms with Crippen molar-refractivity contribution in [3.05, 3.63) is 52.6 Å². The third kappa shape index (κ3) is 3.18. The fraction of sp³-hybridized carbons (Fsp3) is 0.586. The molecule has 0 radical (unpaired) electrons. The molecule has 1 aromatic rings. The lowest BCUT2D eigenvalue weighted by atomic mass is 9.51. The van der Waals surface area contributed by atoms with Gasteiger partial charge < -0.3 is 15.1 Å². The van der Waals surface area contributed by atoms with E-state index in [4.69, 9.17) is 0 Å². The third-order valence-electron chi connectivity index (χ3n) is 9.16. The molecule has 170 valence electrons. The third-order valence-corrected chi connectivity index (χ3v) is 9.16. The fourth-order valence-corrected chi connectivity index (χ4v) is 7.50. The highest BCUT2D eigenvalue weighted by molar-refractivity contribution is 5.52. The number of hydrogen-bond acceptors (Lipinski definition) is 3. The Morgan fingerprint density at radius 3 is 2.50 bits per heavy atom. The highest BCUT2D eigenvalue weighted by atomic mass is 16.3. The van der Waals surface area contributed by atoms with Crippen LogP contribution in [0, 0.1) is 29.1 Å². The van der Waals surface area contributed by atoms with E-state index in [1.54, 1.807) is 5.57 Å². The molecular formula is C29H37NO2. The van der Waals surface area contributed by atoms with Crippen LogP contribution in [0.15, 0.2) is 47.1 Å². The minimum atomic E-state index is -0.899. The molecule has 2 fully saturated rings. The van der Waals surface area contributed by atoms with Crippen LogP contribution in [0.25, 0.3) is 0 Å². The zero-order valence-electron chi connectivity index (χ0n) is 20.0. The van der Waals surface area contributed by atoms with Crippen LogP contribution in [0.2, 0.25) is 0 Å². The lowest BCUT2D eigenvalue weighted by Gasteiger charge is -2.54. The smallest absolute Gasteiger partial charge is 0.131 e. The number of aliphatic hydroxyl groups excluding tert-OH is 1. The van der Waals surface area contributed by atoms with Crippen molar-refractivity contribution in [1.82, 2.24) is 0 Å². The van der Waals surface area contributed by atoms with Crippen LogP contribution in [-0.2, 0) is 0 Å². The van der Waals surface area contributed by atoms with Gasteiger partial charge in [-0.1, -0.05) is 36.6 Å². The number of allylic oxidation sites excluding steroid dienone is 3. The summed E-state index contributed by atoms with van der Waals surface area (Å²) >= 11 is 0. The van der Waals surface area contributed by atoms with Crippen molar-refractivity contribution in [3.63, 3.8) is 0 Å². The van der Waals surface area contributed by atoms with Gasteiger partial charge in [0.2, 0.25) is 0 Å². The second kappa shape index (κ2) is 7.79. The number of hydrogen-bond donors (Lipinski definition) is 2. The average Bonchev–Trinajstić information content (AvgIpc) is 3.03. The molecule has 3 nitrogen and oxygen atoms in total. The molecule has 0 aromatic heterocycles. The molecular weight excluding hydrogens is 394 g/mol. The van der Waals surface area contributed by atoms with Crippen molar-refractivity contribution < 1.29 is 10.2 Å². The van der Waals surface area contributed by atoms with Gasteiger partial charge in [-0.15, -0.1) is 5.92 Å². The van der Waals surface area contributed by atoms with E-state index in [1.807, 2.05) is 6.92 Å². The molecule has 32 heavy (non-hydrogen) atoms. The predicted molar refractivity (Wildman–Crippen MR) is 130 cm³/mol. The Morgan fingerprint density at radius 1 is 1.06 bits per heavy atom. The van der Waals surface area contributed by atoms with Gasteiger partial charge in [-0.25, -0.2) is 0 Å². The predicted octanol–water partition coefficient (Wildman–Crippen LogP) is 5.20. The summed E-state index contributed by atoms with van der Waals surface area (Å²) < 4.78 is 0. The normalized spacial score (nSPS) is 38.1. The maximum absolute atomic E-state index is 11.7. The van der Waals surface area contributed by atoms with E-state index in [2.05, 4.69) is 68.1 Å². The van der Waals surface area contributed by atoms with Crippen molar-refractivity contribution in [1.29, 1.82) is 0 Å². The van der Waals surface area contributed by atoms with Gasteiger partial charge in [-0.05, 0) is 92.5 Å². The maximum atomic E-state index is 11.7. The first-order valence-corrected chi connectivity index (χ1v) is 12.3. The Bertz CT molecular complexity index is 1020. The summed E-state index contributed by atoms with van der Waals surface area (Å²) in [6.07, 6.45) is 8.58. The van der Waals surface area contributed by atoms with Crippen molar-refractivity contribution in [2.75, 3.05) is 19.0 Å². The second-order valence-electron chi connectivity index (χ2n) is 10.9. The largest absolute Gasteiger partial charge is 0.389 e. The van der Waals surface area contributed by atoms with E-state index >= 15 is 0 Å². The van der Waals surface area contributed by atoms with Crippen molar-refractivity contribution >= 4 is 5.69 Å². The first-order valence-electron chi connectivity index (χ1n) is 12.3. The van der Waals surface area contributed by atoms with Gasteiger partial charge in [0, 0.05) is 31.1 Å². The quantitative estimate of drug-likeness (QED) is 0.633. The second-order valence-corrected chi connectivity index (χ2v) is 10.9. The van der Waals surface area contributed by atoms with Crippen LogP contribution < -0.4 is 4.90 Å². The molecule has 2 saturated carbocycles. The van der Waals surface area contributed by atoms with E-state index in [9.17, 15) is 10.2 Å². The Balaban J connectivity index is 1.66. The van der Waals surface area contributed by atoms with E-state index in [0.29, 0.717) is 17.8 Å². The molecule has 0 spiro atoms. The Morgan fingerprint density at radius 2 is 1.81 bits per heavy atom. The number of nitrogens with zero attached hydrogens (tertiary/aromatic N) is 1. The summed E-state index contributed by atoms with van der Waals surface area (Å²) in [5.74, 6) is 7.58. The first-order chi connectivity index (χ1) is 15.3. The summed E-state index contributed by atoms with van der Waals surface area (Å²) in [4.78, 5) is 2.14. The molecule has 1 aromatic carbocycles. The molecule has 0 saturated heterocycles. The van der Waals surface area contributed by atoms with E-state index in [0.717, 1.165) is 44.9 Å². The average molecular weight is 432 g/mol. The van der Waals surface area contributed by atoms with E-state index < -0.39 is 5.60 Å². The number of rotatable bonds is 2. The molecule has 0 heterocycles. The molecule has 0 bridgehead atoms. The van der Waals surface area contributed by atoms with Gasteiger partial charge >= 0.3 is 0 Å². The number of anilines is 1.